The molecule has 3 aromatic carbocycles. The van der Waals surface area contributed by atoms with E-state index < -0.39 is 6.17 Å². The zero-order chi connectivity index (χ0) is 17.4. The third-order valence-corrected chi connectivity index (χ3v) is 4.27. The number of carbonyl (C=O) groups excluding carboxylic acids is 1. The molecule has 0 radical (unpaired) electrons. The normalized spacial score (nSPS) is 16.2. The number of rotatable bonds is 2. The summed E-state index contributed by atoms with van der Waals surface area (Å²) in [5.41, 5.74) is 2.36. The molecule has 5 heteroatoms. The molecular formula is C20H16N2O3. The number of hydrogen-bond donors (Lipinski definition) is 3. The Balaban J connectivity index is 1.91. The van der Waals surface area contributed by atoms with Gasteiger partial charge in [-0.2, -0.15) is 0 Å². The lowest BCUT2D eigenvalue weighted by Gasteiger charge is -2.38. The molecule has 25 heavy (non-hydrogen) atoms. The van der Waals surface area contributed by atoms with Crippen LogP contribution in [0.1, 0.15) is 22.1 Å². The first-order chi connectivity index (χ1) is 12.1. The summed E-state index contributed by atoms with van der Waals surface area (Å²) in [6.45, 7) is 0. The lowest BCUT2D eigenvalue weighted by molar-refractivity contribution is 0.0974. The molecule has 5 nitrogen and oxygen atoms in total. The van der Waals surface area contributed by atoms with E-state index >= 15 is 0 Å². The minimum Gasteiger partial charge on any atom is -0.508 e. The molecule has 1 atom stereocenters. The molecule has 0 aromatic heterocycles. The molecule has 4 rings (SSSR count). The largest absolute Gasteiger partial charge is 0.508 e. The van der Waals surface area contributed by atoms with Crippen LogP contribution in [0.3, 0.4) is 0 Å². The van der Waals surface area contributed by atoms with Crippen LogP contribution in [0.4, 0.5) is 11.4 Å². The van der Waals surface area contributed by atoms with Gasteiger partial charge in [0.05, 0.1) is 5.56 Å². The van der Waals surface area contributed by atoms with E-state index in [0.29, 0.717) is 22.5 Å². The van der Waals surface area contributed by atoms with Crippen molar-refractivity contribution in [3.05, 3.63) is 83.9 Å². The summed E-state index contributed by atoms with van der Waals surface area (Å²) in [5, 5.41) is 23.4. The van der Waals surface area contributed by atoms with Crippen LogP contribution in [0.15, 0.2) is 72.8 Å². The molecule has 0 bridgehead atoms. The molecule has 1 heterocycles. The minimum absolute atomic E-state index is 0.00316. The third-order valence-electron chi connectivity index (χ3n) is 4.27. The van der Waals surface area contributed by atoms with E-state index in [0.717, 1.165) is 0 Å². The Labute approximate surface area is 144 Å². The summed E-state index contributed by atoms with van der Waals surface area (Å²) in [7, 11) is 0. The van der Waals surface area contributed by atoms with Gasteiger partial charge in [0.15, 0.2) is 0 Å². The standard InChI is InChI=1S/C20H16N2O3/c23-14-10-11-18(24)16(12-14)19-21-17-9-5-4-8-15(17)20(25)22(19)13-6-2-1-3-7-13/h1-12,19,21,23-24H. The van der Waals surface area contributed by atoms with Gasteiger partial charge in [-0.1, -0.05) is 30.3 Å². The molecule has 1 amide bonds. The Morgan fingerprint density at radius 3 is 2.40 bits per heavy atom. The Kier molecular flexibility index (Phi) is 3.54. The average molecular weight is 332 g/mol. The van der Waals surface area contributed by atoms with Gasteiger partial charge in [-0.15, -0.1) is 0 Å². The fourth-order valence-corrected chi connectivity index (χ4v) is 3.09. The highest BCUT2D eigenvalue weighted by atomic mass is 16.3. The summed E-state index contributed by atoms with van der Waals surface area (Å²) >= 11 is 0. The van der Waals surface area contributed by atoms with Gasteiger partial charge in [-0.05, 0) is 42.5 Å². The average Bonchev–Trinajstić information content (AvgIpc) is 2.64. The predicted octanol–water partition coefficient (Wildman–Crippen LogP) is 3.87. The van der Waals surface area contributed by atoms with E-state index in [1.807, 2.05) is 48.5 Å². The van der Waals surface area contributed by atoms with Gasteiger partial charge in [0.2, 0.25) is 0 Å². The number of fused-ring (bicyclic) bond motifs is 1. The van der Waals surface area contributed by atoms with Crippen LogP contribution in [-0.4, -0.2) is 16.1 Å². The first-order valence-electron chi connectivity index (χ1n) is 7.91. The second-order valence-electron chi connectivity index (χ2n) is 5.85. The lowest BCUT2D eigenvalue weighted by Crippen LogP contribution is -2.43. The summed E-state index contributed by atoms with van der Waals surface area (Å²) < 4.78 is 0. The second-order valence-corrected chi connectivity index (χ2v) is 5.85. The van der Waals surface area contributed by atoms with Gasteiger partial charge >= 0.3 is 0 Å². The van der Waals surface area contributed by atoms with Crippen molar-refractivity contribution in [2.45, 2.75) is 6.17 Å². The number of anilines is 2. The highest BCUT2D eigenvalue weighted by Gasteiger charge is 2.35. The summed E-state index contributed by atoms with van der Waals surface area (Å²) in [6, 6.07) is 20.8. The Bertz CT molecular complexity index is 941. The van der Waals surface area contributed by atoms with E-state index in [1.54, 1.807) is 11.0 Å². The van der Waals surface area contributed by atoms with E-state index in [-0.39, 0.29) is 17.4 Å². The number of para-hydroxylation sites is 2. The fourth-order valence-electron chi connectivity index (χ4n) is 3.09. The molecule has 0 spiro atoms. The van der Waals surface area contributed by atoms with Gasteiger partial charge < -0.3 is 15.5 Å². The lowest BCUT2D eigenvalue weighted by atomic mass is 10.0. The van der Waals surface area contributed by atoms with Crippen molar-refractivity contribution in [2.75, 3.05) is 10.2 Å². The predicted molar refractivity (Wildman–Crippen MR) is 95.8 cm³/mol. The number of benzene rings is 3. The smallest absolute Gasteiger partial charge is 0.262 e. The molecule has 124 valence electrons. The van der Waals surface area contributed by atoms with Crippen LogP contribution in [0.2, 0.25) is 0 Å². The van der Waals surface area contributed by atoms with Crippen LogP contribution in [0.25, 0.3) is 0 Å². The number of nitrogens with one attached hydrogen (secondary N) is 1. The van der Waals surface area contributed by atoms with E-state index in [9.17, 15) is 15.0 Å². The topological polar surface area (TPSA) is 72.8 Å². The quantitative estimate of drug-likeness (QED) is 0.623. The highest BCUT2D eigenvalue weighted by molar-refractivity contribution is 6.12. The van der Waals surface area contributed by atoms with Crippen LogP contribution in [0, 0.1) is 0 Å². The first-order valence-corrected chi connectivity index (χ1v) is 7.91. The molecule has 0 aliphatic carbocycles. The van der Waals surface area contributed by atoms with Gasteiger partial charge in [0.1, 0.15) is 17.7 Å². The second kappa shape index (κ2) is 5.87. The zero-order valence-corrected chi connectivity index (χ0v) is 13.3. The number of amides is 1. The van der Waals surface area contributed by atoms with E-state index in [2.05, 4.69) is 5.32 Å². The fraction of sp³-hybridized carbons (Fsp3) is 0.0500. The van der Waals surface area contributed by atoms with Crippen molar-refractivity contribution in [3.8, 4) is 11.5 Å². The molecule has 3 N–H and O–H groups in total. The van der Waals surface area contributed by atoms with Crippen molar-refractivity contribution >= 4 is 17.3 Å². The molecule has 0 saturated carbocycles. The maximum absolute atomic E-state index is 13.1. The number of phenols is 2. The number of hydrogen-bond acceptors (Lipinski definition) is 4. The van der Waals surface area contributed by atoms with Crippen molar-refractivity contribution in [1.82, 2.24) is 0 Å². The van der Waals surface area contributed by atoms with E-state index in [4.69, 9.17) is 0 Å². The van der Waals surface area contributed by atoms with Gasteiger partial charge in [0, 0.05) is 16.9 Å². The Morgan fingerprint density at radius 1 is 0.880 bits per heavy atom. The van der Waals surface area contributed by atoms with Gasteiger partial charge in [-0.25, -0.2) is 0 Å². The van der Waals surface area contributed by atoms with Crippen molar-refractivity contribution in [1.29, 1.82) is 0 Å². The Hall–Kier alpha value is -3.47. The molecule has 1 unspecified atom stereocenters. The maximum atomic E-state index is 13.1. The van der Waals surface area contributed by atoms with Crippen LogP contribution < -0.4 is 10.2 Å². The molecular weight excluding hydrogens is 316 g/mol. The van der Waals surface area contributed by atoms with E-state index in [1.165, 1.54) is 18.2 Å². The van der Waals surface area contributed by atoms with Gasteiger partial charge in [-0.3, -0.25) is 9.69 Å². The van der Waals surface area contributed by atoms with Crippen LogP contribution >= 0.6 is 0 Å². The number of carbonyl (C=O) groups is 1. The number of nitrogens with zero attached hydrogens (tertiary/aromatic N) is 1. The highest BCUT2D eigenvalue weighted by Crippen LogP contribution is 2.40. The summed E-state index contributed by atoms with van der Waals surface area (Å²) in [6.07, 6.45) is -0.642. The molecule has 0 fully saturated rings. The number of phenolic OH excluding ortho intramolecular Hbond substituents is 2. The number of aromatic hydroxyl groups is 2. The summed E-state index contributed by atoms with van der Waals surface area (Å²) in [5.74, 6) is -0.148. The molecule has 1 aliphatic heterocycles. The van der Waals surface area contributed by atoms with Crippen molar-refractivity contribution in [3.63, 3.8) is 0 Å². The van der Waals surface area contributed by atoms with Crippen molar-refractivity contribution < 1.29 is 15.0 Å². The van der Waals surface area contributed by atoms with Gasteiger partial charge in [0.25, 0.3) is 5.91 Å². The monoisotopic (exact) mass is 332 g/mol. The summed E-state index contributed by atoms with van der Waals surface area (Å²) in [4.78, 5) is 14.7. The Morgan fingerprint density at radius 2 is 1.60 bits per heavy atom. The molecule has 0 saturated heterocycles. The molecule has 3 aromatic rings. The zero-order valence-electron chi connectivity index (χ0n) is 13.3. The third kappa shape index (κ3) is 2.55. The maximum Gasteiger partial charge on any atom is 0.262 e. The molecule has 1 aliphatic rings. The van der Waals surface area contributed by atoms with Crippen molar-refractivity contribution in [2.24, 2.45) is 0 Å². The minimum atomic E-state index is -0.642. The SMILES string of the molecule is O=C1c2ccccc2NC(c2cc(O)ccc2O)N1c1ccccc1. The van der Waals surface area contributed by atoms with Crippen LogP contribution in [-0.2, 0) is 0 Å². The van der Waals surface area contributed by atoms with Crippen LogP contribution in [0.5, 0.6) is 11.5 Å². The first kappa shape index (κ1) is 15.1.